The Bertz CT molecular complexity index is 1040. The topological polar surface area (TPSA) is 102 Å². The maximum atomic E-state index is 12.6. The van der Waals surface area contributed by atoms with Crippen molar-refractivity contribution in [3.63, 3.8) is 0 Å². The summed E-state index contributed by atoms with van der Waals surface area (Å²) in [6.45, 7) is 0. The summed E-state index contributed by atoms with van der Waals surface area (Å²) >= 11 is 1.31. The molecule has 4 rings (SSSR count). The predicted molar refractivity (Wildman–Crippen MR) is 112 cm³/mol. The smallest absolute Gasteiger partial charge is 0.253 e. The van der Waals surface area contributed by atoms with Gasteiger partial charge in [-0.3, -0.25) is 14.3 Å². The van der Waals surface area contributed by atoms with Gasteiger partial charge >= 0.3 is 0 Å². The maximum absolute atomic E-state index is 12.6. The molecule has 9 heteroatoms. The number of fused-ring (bicyclic) bond motifs is 1. The monoisotopic (exact) mass is 410 g/mol. The van der Waals surface area contributed by atoms with Crippen molar-refractivity contribution in [3.8, 4) is 0 Å². The molecular weight excluding hydrogens is 388 g/mol. The molecule has 2 heterocycles. The van der Waals surface area contributed by atoms with Crippen molar-refractivity contribution in [2.75, 3.05) is 11.1 Å². The van der Waals surface area contributed by atoms with E-state index in [4.69, 9.17) is 0 Å². The van der Waals surface area contributed by atoms with Gasteiger partial charge < -0.3 is 10.6 Å². The van der Waals surface area contributed by atoms with Crippen LogP contribution in [0.1, 0.15) is 36.0 Å². The van der Waals surface area contributed by atoms with Gasteiger partial charge in [0.25, 0.3) is 5.91 Å². The molecule has 1 aliphatic carbocycles. The molecule has 8 nitrogen and oxygen atoms in total. The second kappa shape index (κ2) is 8.60. The van der Waals surface area contributed by atoms with Crippen LogP contribution in [0.3, 0.4) is 0 Å². The number of amides is 2. The fourth-order valence-electron chi connectivity index (χ4n) is 3.50. The van der Waals surface area contributed by atoms with Gasteiger partial charge in [-0.05, 0) is 25.0 Å². The van der Waals surface area contributed by atoms with Crippen molar-refractivity contribution in [3.05, 3.63) is 42.4 Å². The fourth-order valence-corrected chi connectivity index (χ4v) is 4.26. The van der Waals surface area contributed by atoms with E-state index in [-0.39, 0.29) is 23.6 Å². The van der Waals surface area contributed by atoms with Crippen LogP contribution in [0, 0.1) is 0 Å². The second-order valence-corrected chi connectivity index (χ2v) is 7.99. The fraction of sp³-hybridized carbons (Fsp3) is 0.350. The minimum absolute atomic E-state index is 0.145. The Hall–Kier alpha value is -2.94. The molecule has 0 unspecified atom stereocenters. The van der Waals surface area contributed by atoms with Gasteiger partial charge in [0, 0.05) is 13.1 Å². The van der Waals surface area contributed by atoms with Crippen molar-refractivity contribution in [2.24, 2.45) is 7.05 Å². The van der Waals surface area contributed by atoms with Crippen molar-refractivity contribution in [2.45, 2.75) is 36.8 Å². The number of aryl methyl sites for hydroxylation is 1. The van der Waals surface area contributed by atoms with Crippen LogP contribution in [-0.2, 0) is 11.8 Å². The van der Waals surface area contributed by atoms with E-state index in [9.17, 15) is 9.59 Å². The van der Waals surface area contributed by atoms with E-state index >= 15 is 0 Å². The van der Waals surface area contributed by atoms with E-state index in [1.165, 1.54) is 18.1 Å². The molecule has 0 radical (unpaired) electrons. The van der Waals surface area contributed by atoms with Crippen molar-refractivity contribution in [1.29, 1.82) is 0 Å². The number of thioether (sulfide) groups is 1. The van der Waals surface area contributed by atoms with Crippen molar-refractivity contribution < 1.29 is 9.59 Å². The Kier molecular flexibility index (Phi) is 5.75. The molecule has 1 aliphatic rings. The zero-order valence-corrected chi connectivity index (χ0v) is 16.9. The van der Waals surface area contributed by atoms with Crippen molar-refractivity contribution in [1.82, 2.24) is 25.1 Å². The number of aromatic nitrogens is 4. The maximum Gasteiger partial charge on any atom is 0.253 e. The van der Waals surface area contributed by atoms with Gasteiger partial charge in [-0.2, -0.15) is 5.10 Å². The highest BCUT2D eigenvalue weighted by atomic mass is 32.2. The molecule has 150 valence electrons. The van der Waals surface area contributed by atoms with Crippen molar-refractivity contribution >= 4 is 40.3 Å². The Labute approximate surface area is 172 Å². The number of carbonyl (C=O) groups excluding carboxylic acids is 2. The van der Waals surface area contributed by atoms with Gasteiger partial charge in [-0.15, -0.1) is 0 Å². The SMILES string of the molecule is Cn1ncc2c(SCC(=O)Nc3ccccc3C(=O)NC3CCCC3)ncnc21. The quantitative estimate of drug-likeness (QED) is 0.479. The molecule has 0 aliphatic heterocycles. The van der Waals surface area contributed by atoms with Crippen LogP contribution >= 0.6 is 11.8 Å². The highest BCUT2D eigenvalue weighted by Crippen LogP contribution is 2.24. The average Bonchev–Trinajstić information content (AvgIpc) is 3.37. The van der Waals surface area contributed by atoms with Crippen LogP contribution in [0.25, 0.3) is 11.0 Å². The van der Waals surface area contributed by atoms with E-state index in [1.54, 1.807) is 35.1 Å². The second-order valence-electron chi connectivity index (χ2n) is 7.02. The predicted octanol–water partition coefficient (Wildman–Crippen LogP) is 2.77. The lowest BCUT2D eigenvalue weighted by Gasteiger charge is -2.15. The summed E-state index contributed by atoms with van der Waals surface area (Å²) in [5, 5.41) is 11.6. The summed E-state index contributed by atoms with van der Waals surface area (Å²) in [4.78, 5) is 33.6. The van der Waals surface area contributed by atoms with Gasteiger partial charge in [-0.25, -0.2) is 9.97 Å². The van der Waals surface area contributed by atoms with Gasteiger partial charge in [0.15, 0.2) is 5.65 Å². The van der Waals surface area contributed by atoms with Gasteiger partial charge in [0.05, 0.1) is 28.6 Å². The summed E-state index contributed by atoms with van der Waals surface area (Å²) in [5.74, 6) is -0.181. The van der Waals surface area contributed by atoms with E-state index in [2.05, 4.69) is 25.7 Å². The van der Waals surface area contributed by atoms with Crippen LogP contribution in [0.15, 0.2) is 41.8 Å². The number of nitrogens with zero attached hydrogens (tertiary/aromatic N) is 4. The molecule has 1 saturated carbocycles. The van der Waals surface area contributed by atoms with Crippen LogP contribution in [-0.4, -0.2) is 43.4 Å². The Balaban J connectivity index is 1.41. The number of nitrogens with one attached hydrogen (secondary N) is 2. The molecule has 2 N–H and O–H groups in total. The third-order valence-electron chi connectivity index (χ3n) is 4.97. The number of hydrogen-bond donors (Lipinski definition) is 2. The first-order chi connectivity index (χ1) is 14.1. The first kappa shape index (κ1) is 19.4. The summed E-state index contributed by atoms with van der Waals surface area (Å²) in [7, 11) is 1.81. The minimum Gasteiger partial charge on any atom is -0.349 e. The standard InChI is InChI=1S/C20H22N6O2S/c1-26-18-15(10-23-26)20(22-12-21-18)29-11-17(27)25-16-9-5-4-8-14(16)19(28)24-13-6-2-3-7-13/h4-5,8-10,12-13H,2-3,6-7,11H2,1H3,(H,24,28)(H,25,27). The Morgan fingerprint density at radius 2 is 2.00 bits per heavy atom. The summed E-state index contributed by atoms with van der Waals surface area (Å²) < 4.78 is 1.67. The van der Waals surface area contributed by atoms with Crippen LogP contribution in [0.4, 0.5) is 5.69 Å². The van der Waals surface area contributed by atoms with E-state index in [0.717, 1.165) is 36.7 Å². The van der Waals surface area contributed by atoms with E-state index in [1.807, 2.05) is 7.05 Å². The molecule has 2 amide bonds. The molecule has 0 atom stereocenters. The molecule has 1 fully saturated rings. The highest BCUT2D eigenvalue weighted by Gasteiger charge is 2.20. The summed E-state index contributed by atoms with van der Waals surface area (Å²) in [6.07, 6.45) is 7.48. The number of anilines is 1. The lowest BCUT2D eigenvalue weighted by Crippen LogP contribution is -2.33. The molecule has 0 bridgehead atoms. The molecule has 29 heavy (non-hydrogen) atoms. The van der Waals surface area contributed by atoms with Gasteiger partial charge in [0.2, 0.25) is 5.91 Å². The zero-order valence-electron chi connectivity index (χ0n) is 16.1. The molecule has 2 aromatic heterocycles. The largest absolute Gasteiger partial charge is 0.349 e. The average molecular weight is 411 g/mol. The summed E-state index contributed by atoms with van der Waals surface area (Å²) in [6, 6.07) is 7.31. The zero-order chi connectivity index (χ0) is 20.2. The lowest BCUT2D eigenvalue weighted by atomic mass is 10.1. The Morgan fingerprint density at radius 3 is 2.83 bits per heavy atom. The number of carbonyl (C=O) groups is 2. The van der Waals surface area contributed by atoms with Crippen LogP contribution in [0.2, 0.25) is 0 Å². The molecular formula is C20H22N6O2S. The van der Waals surface area contributed by atoms with Crippen LogP contribution in [0.5, 0.6) is 0 Å². The molecule has 0 saturated heterocycles. The molecule has 3 aromatic rings. The first-order valence-corrected chi connectivity index (χ1v) is 10.6. The summed E-state index contributed by atoms with van der Waals surface area (Å²) in [5.41, 5.74) is 1.72. The van der Waals surface area contributed by atoms with Gasteiger partial charge in [-0.1, -0.05) is 36.7 Å². The number of hydrogen-bond acceptors (Lipinski definition) is 6. The number of para-hydroxylation sites is 1. The highest BCUT2D eigenvalue weighted by molar-refractivity contribution is 8.00. The third kappa shape index (κ3) is 4.40. The minimum atomic E-state index is -0.202. The van der Waals surface area contributed by atoms with Gasteiger partial charge in [0.1, 0.15) is 11.4 Å². The number of rotatable bonds is 6. The number of benzene rings is 1. The molecule has 0 spiro atoms. The first-order valence-electron chi connectivity index (χ1n) is 9.57. The third-order valence-corrected chi connectivity index (χ3v) is 5.97. The van der Waals surface area contributed by atoms with E-state index < -0.39 is 0 Å². The lowest BCUT2D eigenvalue weighted by molar-refractivity contribution is -0.113. The molecule has 1 aromatic carbocycles. The van der Waals surface area contributed by atoms with Crippen LogP contribution < -0.4 is 10.6 Å². The Morgan fingerprint density at radius 1 is 1.21 bits per heavy atom. The van der Waals surface area contributed by atoms with E-state index in [0.29, 0.717) is 16.3 Å². The normalized spacial score (nSPS) is 14.2.